The molecule has 0 aromatic carbocycles. The molecule has 1 N–H and O–H groups in total. The van der Waals surface area contributed by atoms with Crippen molar-refractivity contribution in [1.29, 1.82) is 0 Å². The molecule has 0 amide bonds. The maximum atomic E-state index is 11.9. The van der Waals surface area contributed by atoms with Crippen LogP contribution in [0.4, 0.5) is 17.6 Å². The number of alkyl halides is 4. The molecule has 1 rings (SSSR count). The van der Waals surface area contributed by atoms with Gasteiger partial charge in [0, 0.05) is 6.20 Å². The van der Waals surface area contributed by atoms with Gasteiger partial charge in [-0.05, 0) is 0 Å². The third kappa shape index (κ3) is 1.41. The van der Waals surface area contributed by atoms with E-state index < -0.39 is 30.2 Å². The summed E-state index contributed by atoms with van der Waals surface area (Å²) in [5.41, 5.74) is -1.31. The first kappa shape index (κ1) is 9.02. The van der Waals surface area contributed by atoms with Crippen molar-refractivity contribution in [1.82, 2.24) is 5.32 Å². The minimum atomic E-state index is -4.69. The lowest BCUT2D eigenvalue weighted by molar-refractivity contribution is -0.128. The van der Waals surface area contributed by atoms with Crippen molar-refractivity contribution in [3.63, 3.8) is 0 Å². The average molecular weight is 183 g/mol. The molecular formula is C6H5F4NO. The Labute approximate surface area is 65.2 Å². The van der Waals surface area contributed by atoms with Crippen LogP contribution in [0.1, 0.15) is 0 Å². The summed E-state index contributed by atoms with van der Waals surface area (Å²) >= 11 is 0. The maximum Gasteiger partial charge on any atom is 0.421 e. The van der Waals surface area contributed by atoms with E-state index in [9.17, 15) is 22.4 Å². The first-order valence-corrected chi connectivity index (χ1v) is 3.10. The van der Waals surface area contributed by atoms with Gasteiger partial charge < -0.3 is 5.32 Å². The molecule has 0 aliphatic carbocycles. The van der Waals surface area contributed by atoms with Crippen LogP contribution in [-0.2, 0) is 4.79 Å². The van der Waals surface area contributed by atoms with Gasteiger partial charge in [0.1, 0.15) is 18.3 Å². The molecule has 2 nitrogen and oxygen atoms in total. The molecule has 0 aromatic heterocycles. The van der Waals surface area contributed by atoms with Crippen molar-refractivity contribution in [2.24, 2.45) is 0 Å². The van der Waals surface area contributed by atoms with E-state index >= 15 is 0 Å². The molecule has 6 heteroatoms. The number of Topliss-reactive ketones (excluding diaryl/α,β-unsaturated/α-hetero) is 1. The van der Waals surface area contributed by atoms with Gasteiger partial charge in [0.05, 0.1) is 0 Å². The van der Waals surface area contributed by atoms with E-state index in [1.165, 1.54) is 0 Å². The first-order chi connectivity index (χ1) is 5.46. The number of carbonyl (C=O) groups excluding carboxylic acids is 1. The van der Waals surface area contributed by atoms with Crippen molar-refractivity contribution in [2.75, 3.05) is 6.67 Å². The van der Waals surface area contributed by atoms with Gasteiger partial charge in [-0.3, -0.25) is 4.79 Å². The number of hydrogen-bond donors (Lipinski definition) is 1. The highest BCUT2D eigenvalue weighted by molar-refractivity contribution is 6.02. The van der Waals surface area contributed by atoms with Crippen LogP contribution in [0.25, 0.3) is 0 Å². The van der Waals surface area contributed by atoms with Crippen LogP contribution in [0.3, 0.4) is 0 Å². The van der Waals surface area contributed by atoms with Crippen LogP contribution in [0.15, 0.2) is 11.8 Å². The summed E-state index contributed by atoms with van der Waals surface area (Å²) in [7, 11) is 0. The lowest BCUT2D eigenvalue weighted by Gasteiger charge is -2.06. The summed E-state index contributed by atoms with van der Waals surface area (Å²) in [6.07, 6.45) is -4.18. The van der Waals surface area contributed by atoms with Crippen LogP contribution in [-0.4, -0.2) is 24.7 Å². The topological polar surface area (TPSA) is 29.1 Å². The van der Waals surface area contributed by atoms with Gasteiger partial charge in [-0.25, -0.2) is 4.39 Å². The monoisotopic (exact) mass is 183 g/mol. The zero-order valence-electron chi connectivity index (χ0n) is 5.78. The second-order valence-electron chi connectivity index (χ2n) is 2.29. The van der Waals surface area contributed by atoms with E-state index in [0.717, 1.165) is 0 Å². The van der Waals surface area contributed by atoms with Gasteiger partial charge in [-0.1, -0.05) is 0 Å². The molecule has 1 aliphatic heterocycles. The molecule has 68 valence electrons. The quantitative estimate of drug-likeness (QED) is 0.613. The zero-order chi connectivity index (χ0) is 9.35. The van der Waals surface area contributed by atoms with Crippen LogP contribution >= 0.6 is 0 Å². The Morgan fingerprint density at radius 1 is 1.50 bits per heavy atom. The molecule has 0 fully saturated rings. The molecule has 0 spiro atoms. The van der Waals surface area contributed by atoms with Gasteiger partial charge in [-0.2, -0.15) is 13.2 Å². The van der Waals surface area contributed by atoms with Crippen molar-refractivity contribution in [2.45, 2.75) is 12.2 Å². The standard InChI is InChI=1S/C6H5F4NO/c7-1-4-5(12)3(2-11-4)6(8,9)10/h2,4,11H,1H2. The fourth-order valence-electron chi connectivity index (χ4n) is 0.855. The fraction of sp³-hybridized carbons (Fsp3) is 0.500. The highest BCUT2D eigenvalue weighted by Crippen LogP contribution is 2.29. The number of carbonyl (C=O) groups is 1. The molecule has 1 atom stereocenters. The van der Waals surface area contributed by atoms with Gasteiger partial charge >= 0.3 is 6.18 Å². The van der Waals surface area contributed by atoms with E-state index in [0.29, 0.717) is 6.20 Å². The van der Waals surface area contributed by atoms with Crippen molar-refractivity contribution in [3.05, 3.63) is 11.8 Å². The third-order valence-corrected chi connectivity index (χ3v) is 1.47. The molecule has 0 saturated carbocycles. The van der Waals surface area contributed by atoms with Crippen LogP contribution in [0.5, 0.6) is 0 Å². The predicted molar refractivity (Wildman–Crippen MR) is 32.0 cm³/mol. The Morgan fingerprint density at radius 2 is 2.08 bits per heavy atom. The molecule has 1 aliphatic rings. The second-order valence-corrected chi connectivity index (χ2v) is 2.29. The summed E-state index contributed by atoms with van der Waals surface area (Å²) in [6.45, 7) is -1.13. The predicted octanol–water partition coefficient (Wildman–Crippen LogP) is 0.943. The lowest BCUT2D eigenvalue weighted by Crippen LogP contribution is -2.31. The van der Waals surface area contributed by atoms with Gasteiger partial charge in [0.2, 0.25) is 0 Å². The normalized spacial score (nSPS) is 23.8. The first-order valence-electron chi connectivity index (χ1n) is 3.10. The molecule has 0 saturated heterocycles. The highest BCUT2D eigenvalue weighted by atomic mass is 19.4. The van der Waals surface area contributed by atoms with Crippen LogP contribution in [0.2, 0.25) is 0 Å². The average Bonchev–Trinajstić information content (AvgIpc) is 2.29. The third-order valence-electron chi connectivity index (χ3n) is 1.47. The Hall–Kier alpha value is -1.07. The Morgan fingerprint density at radius 3 is 2.33 bits per heavy atom. The lowest BCUT2D eigenvalue weighted by atomic mass is 10.1. The van der Waals surface area contributed by atoms with E-state index in [1.54, 1.807) is 0 Å². The molecule has 1 unspecified atom stereocenters. The van der Waals surface area contributed by atoms with E-state index in [-0.39, 0.29) is 0 Å². The Kier molecular flexibility index (Phi) is 2.08. The number of halogens is 4. The molecule has 0 bridgehead atoms. The Bertz CT molecular complexity index is 232. The molecule has 0 aromatic rings. The van der Waals surface area contributed by atoms with E-state index in [2.05, 4.69) is 0 Å². The highest BCUT2D eigenvalue weighted by Gasteiger charge is 2.44. The summed E-state index contributed by atoms with van der Waals surface area (Å²) in [5.74, 6) is -1.23. The fourth-order valence-corrected chi connectivity index (χ4v) is 0.855. The summed E-state index contributed by atoms with van der Waals surface area (Å²) < 4.78 is 47.4. The molecular weight excluding hydrogens is 178 g/mol. The summed E-state index contributed by atoms with van der Waals surface area (Å²) in [4.78, 5) is 10.7. The number of ketones is 1. The molecule has 1 heterocycles. The smallest absolute Gasteiger partial charge is 0.378 e. The second kappa shape index (κ2) is 2.76. The van der Waals surface area contributed by atoms with Crippen molar-refractivity contribution >= 4 is 5.78 Å². The number of hydrogen-bond acceptors (Lipinski definition) is 2. The zero-order valence-corrected chi connectivity index (χ0v) is 5.78. The van der Waals surface area contributed by atoms with Gasteiger partial charge in [0.25, 0.3) is 0 Å². The SMILES string of the molecule is O=C1C(C(F)(F)F)=CNC1CF. The van der Waals surface area contributed by atoms with Crippen molar-refractivity contribution in [3.8, 4) is 0 Å². The Balaban J connectivity index is 2.79. The van der Waals surface area contributed by atoms with E-state index in [1.807, 2.05) is 5.32 Å². The maximum absolute atomic E-state index is 11.9. The minimum Gasteiger partial charge on any atom is -0.378 e. The van der Waals surface area contributed by atoms with Crippen LogP contribution < -0.4 is 5.32 Å². The number of nitrogens with one attached hydrogen (secondary N) is 1. The van der Waals surface area contributed by atoms with Crippen molar-refractivity contribution < 1.29 is 22.4 Å². The molecule has 0 radical (unpaired) electrons. The van der Waals surface area contributed by atoms with E-state index in [4.69, 9.17) is 0 Å². The largest absolute Gasteiger partial charge is 0.421 e. The van der Waals surface area contributed by atoms with Gasteiger partial charge in [-0.15, -0.1) is 0 Å². The summed E-state index contributed by atoms with van der Waals surface area (Å²) in [6, 6.07) is -1.36. The molecule has 12 heavy (non-hydrogen) atoms. The number of rotatable bonds is 1. The van der Waals surface area contributed by atoms with Gasteiger partial charge in [0.15, 0.2) is 5.78 Å². The van der Waals surface area contributed by atoms with Crippen LogP contribution in [0, 0.1) is 0 Å². The minimum absolute atomic E-state index is 0.507. The summed E-state index contributed by atoms with van der Waals surface area (Å²) in [5, 5.41) is 2.01.